The number of hydrogen-bond donors (Lipinski definition) is 1. The van der Waals surface area contributed by atoms with Crippen LogP contribution in [0.3, 0.4) is 0 Å². The molecule has 0 spiro atoms. The minimum Gasteiger partial charge on any atom is -0.368 e. The number of pyridine rings is 1. The van der Waals surface area contributed by atoms with Crippen molar-refractivity contribution in [1.29, 1.82) is 0 Å². The Morgan fingerprint density at radius 1 is 1.60 bits per heavy atom. The highest BCUT2D eigenvalue weighted by Gasteiger charge is 2.31. The van der Waals surface area contributed by atoms with Gasteiger partial charge in [-0.15, -0.1) is 0 Å². The van der Waals surface area contributed by atoms with Gasteiger partial charge in [-0.3, -0.25) is 10.1 Å². The third-order valence-electron chi connectivity index (χ3n) is 3.39. The van der Waals surface area contributed by atoms with Crippen molar-refractivity contribution in [2.45, 2.75) is 25.0 Å². The fraction of sp³-hybridized carbons (Fsp3) is 0.545. The van der Waals surface area contributed by atoms with E-state index in [1.54, 1.807) is 6.92 Å². The van der Waals surface area contributed by atoms with Crippen LogP contribution in [0, 0.1) is 17.0 Å². The quantitative estimate of drug-likeness (QED) is 0.648. The smallest absolute Gasteiger partial charge is 0.291 e. The summed E-state index contributed by atoms with van der Waals surface area (Å²) < 4.78 is 23.9. The van der Waals surface area contributed by atoms with Crippen molar-refractivity contribution in [2.24, 2.45) is 0 Å². The molecule has 0 aromatic carbocycles. The Labute approximate surface area is 125 Å². The zero-order valence-electron chi connectivity index (χ0n) is 10.8. The number of anilines is 1. The first-order chi connectivity index (χ1) is 9.33. The molecule has 1 aromatic heterocycles. The standard InChI is InChI=1S/C11H14BrN3O4S/c1-7-9(15(16)17)6-14-11(10(7)12)13-5-8-3-2-4-20(8,18)19/h6,8H,2-5H2,1H3,(H,13,14). The van der Waals surface area contributed by atoms with Crippen LogP contribution < -0.4 is 5.32 Å². The molecule has 110 valence electrons. The molecule has 0 aliphatic carbocycles. The summed E-state index contributed by atoms with van der Waals surface area (Å²) in [6.07, 6.45) is 2.49. The Kier molecular flexibility index (Phi) is 4.28. The van der Waals surface area contributed by atoms with Crippen molar-refractivity contribution in [3.05, 3.63) is 26.3 Å². The summed E-state index contributed by atoms with van der Waals surface area (Å²) in [4.78, 5) is 14.3. The summed E-state index contributed by atoms with van der Waals surface area (Å²) in [6.45, 7) is 1.88. The lowest BCUT2D eigenvalue weighted by molar-refractivity contribution is -0.385. The minimum absolute atomic E-state index is 0.0732. The van der Waals surface area contributed by atoms with Gasteiger partial charge >= 0.3 is 0 Å². The molecule has 9 heteroatoms. The highest BCUT2D eigenvalue weighted by molar-refractivity contribution is 9.10. The number of sulfone groups is 1. The molecule has 0 bridgehead atoms. The normalized spacial score (nSPS) is 20.8. The lowest BCUT2D eigenvalue weighted by atomic mass is 10.2. The fourth-order valence-electron chi connectivity index (χ4n) is 2.17. The van der Waals surface area contributed by atoms with Crippen LogP contribution in [0.15, 0.2) is 10.7 Å². The van der Waals surface area contributed by atoms with Gasteiger partial charge in [0.25, 0.3) is 5.69 Å². The van der Waals surface area contributed by atoms with Gasteiger partial charge in [-0.05, 0) is 35.7 Å². The van der Waals surface area contributed by atoms with Crippen LogP contribution >= 0.6 is 15.9 Å². The summed E-state index contributed by atoms with van der Waals surface area (Å²) in [7, 11) is -3.02. The van der Waals surface area contributed by atoms with E-state index in [-0.39, 0.29) is 18.0 Å². The summed E-state index contributed by atoms with van der Waals surface area (Å²) >= 11 is 3.26. The monoisotopic (exact) mass is 363 g/mol. The van der Waals surface area contributed by atoms with Crippen molar-refractivity contribution in [3.8, 4) is 0 Å². The van der Waals surface area contributed by atoms with E-state index in [0.717, 1.165) is 0 Å². The number of halogens is 1. The number of nitrogens with one attached hydrogen (secondary N) is 1. The average molecular weight is 364 g/mol. The van der Waals surface area contributed by atoms with Gasteiger partial charge in [-0.2, -0.15) is 0 Å². The lowest BCUT2D eigenvalue weighted by Crippen LogP contribution is -2.25. The Morgan fingerprint density at radius 3 is 2.85 bits per heavy atom. The zero-order chi connectivity index (χ0) is 14.9. The van der Waals surface area contributed by atoms with Crippen LogP contribution in [0.5, 0.6) is 0 Å². The Hall–Kier alpha value is -1.22. The van der Waals surface area contributed by atoms with Gasteiger partial charge < -0.3 is 5.32 Å². The molecule has 20 heavy (non-hydrogen) atoms. The first-order valence-electron chi connectivity index (χ1n) is 6.08. The predicted molar refractivity (Wildman–Crippen MR) is 78.6 cm³/mol. The Bertz CT molecular complexity index is 647. The molecule has 1 atom stereocenters. The number of hydrogen-bond acceptors (Lipinski definition) is 6. The molecule has 0 radical (unpaired) electrons. The molecule has 1 aromatic rings. The number of rotatable bonds is 4. The second kappa shape index (κ2) is 5.65. The maximum Gasteiger partial charge on any atom is 0.291 e. The topological polar surface area (TPSA) is 102 Å². The van der Waals surface area contributed by atoms with Crippen LogP contribution in [0.1, 0.15) is 18.4 Å². The third-order valence-corrected chi connectivity index (χ3v) is 6.64. The SMILES string of the molecule is Cc1c([N+](=O)[O-])cnc(NCC2CCCS2(=O)=O)c1Br. The Balaban J connectivity index is 2.15. The summed E-state index contributed by atoms with van der Waals surface area (Å²) in [5.41, 5.74) is 0.387. The minimum atomic E-state index is -3.02. The van der Waals surface area contributed by atoms with Crippen molar-refractivity contribution < 1.29 is 13.3 Å². The molecule has 0 saturated carbocycles. The molecular formula is C11H14BrN3O4S. The van der Waals surface area contributed by atoms with Gasteiger partial charge in [-0.25, -0.2) is 13.4 Å². The van der Waals surface area contributed by atoms with Gasteiger partial charge in [0.15, 0.2) is 9.84 Å². The first-order valence-corrected chi connectivity index (χ1v) is 8.58. The summed E-state index contributed by atoms with van der Waals surface area (Å²) in [5.74, 6) is 0.656. The molecular weight excluding hydrogens is 350 g/mol. The number of nitrogens with zero attached hydrogens (tertiary/aromatic N) is 2. The van der Waals surface area contributed by atoms with Crippen LogP contribution in [-0.2, 0) is 9.84 Å². The largest absolute Gasteiger partial charge is 0.368 e. The third kappa shape index (κ3) is 2.93. The van der Waals surface area contributed by atoms with E-state index >= 15 is 0 Å². The maximum absolute atomic E-state index is 11.7. The van der Waals surface area contributed by atoms with E-state index in [9.17, 15) is 18.5 Å². The maximum atomic E-state index is 11.7. The van der Waals surface area contributed by atoms with Crippen molar-refractivity contribution in [3.63, 3.8) is 0 Å². The molecule has 1 aliphatic heterocycles. The van der Waals surface area contributed by atoms with Gasteiger partial charge in [0.2, 0.25) is 0 Å². The Morgan fingerprint density at radius 2 is 2.30 bits per heavy atom. The van der Waals surface area contributed by atoms with Crippen molar-refractivity contribution in [1.82, 2.24) is 4.98 Å². The van der Waals surface area contributed by atoms with Crippen LogP contribution in [0.2, 0.25) is 0 Å². The van der Waals surface area contributed by atoms with Crippen LogP contribution in [0.25, 0.3) is 0 Å². The van der Waals surface area contributed by atoms with Crippen molar-refractivity contribution >= 4 is 37.3 Å². The average Bonchev–Trinajstić information content (AvgIpc) is 2.70. The highest BCUT2D eigenvalue weighted by atomic mass is 79.9. The molecule has 2 rings (SSSR count). The summed E-state index contributed by atoms with van der Waals surface area (Å²) in [5, 5.41) is 13.3. The van der Waals surface area contributed by atoms with E-state index in [2.05, 4.69) is 26.2 Å². The number of nitro groups is 1. The summed E-state index contributed by atoms with van der Waals surface area (Å²) in [6, 6.07) is 0. The van der Waals surface area contributed by atoms with E-state index in [4.69, 9.17) is 0 Å². The van der Waals surface area contributed by atoms with E-state index in [1.165, 1.54) is 6.20 Å². The highest BCUT2D eigenvalue weighted by Crippen LogP contribution is 2.31. The fourth-order valence-corrected chi connectivity index (χ4v) is 4.39. The second-order valence-electron chi connectivity index (χ2n) is 4.70. The molecule has 1 saturated heterocycles. The molecule has 0 amide bonds. The lowest BCUT2D eigenvalue weighted by Gasteiger charge is -2.13. The van der Waals surface area contributed by atoms with Gasteiger partial charge in [0.05, 0.1) is 20.4 Å². The molecule has 1 unspecified atom stereocenters. The van der Waals surface area contributed by atoms with Gasteiger partial charge in [0, 0.05) is 12.1 Å². The molecule has 1 N–H and O–H groups in total. The van der Waals surface area contributed by atoms with Gasteiger partial charge in [-0.1, -0.05) is 0 Å². The van der Waals surface area contributed by atoms with Gasteiger partial charge in [0.1, 0.15) is 12.0 Å². The first kappa shape index (κ1) is 15.2. The molecule has 1 fully saturated rings. The van der Waals surface area contributed by atoms with E-state index < -0.39 is 20.0 Å². The van der Waals surface area contributed by atoms with E-state index in [1.807, 2.05) is 0 Å². The molecule has 7 nitrogen and oxygen atoms in total. The predicted octanol–water partition coefficient (Wildman–Crippen LogP) is 2.05. The second-order valence-corrected chi connectivity index (χ2v) is 7.89. The molecule has 2 heterocycles. The van der Waals surface area contributed by atoms with E-state index in [0.29, 0.717) is 28.7 Å². The zero-order valence-corrected chi connectivity index (χ0v) is 13.2. The van der Waals surface area contributed by atoms with Crippen LogP contribution in [-0.4, -0.2) is 35.9 Å². The molecule has 1 aliphatic rings. The van der Waals surface area contributed by atoms with Crippen LogP contribution in [0.4, 0.5) is 11.5 Å². The number of aromatic nitrogens is 1. The van der Waals surface area contributed by atoms with Crippen molar-refractivity contribution in [2.75, 3.05) is 17.6 Å².